The summed E-state index contributed by atoms with van der Waals surface area (Å²) in [6.07, 6.45) is 1.93. The van der Waals surface area contributed by atoms with Crippen molar-refractivity contribution in [3.63, 3.8) is 0 Å². The molecule has 0 fully saturated rings. The van der Waals surface area contributed by atoms with Crippen LogP contribution in [0.15, 0.2) is 43.0 Å². The van der Waals surface area contributed by atoms with Gasteiger partial charge >= 0.3 is 0 Å². The van der Waals surface area contributed by atoms with E-state index in [1.54, 1.807) is 11.3 Å². The Balaban J connectivity index is 2.01. The SMILES string of the molecule is C=CC[NH+]1Cc2c(sc(C)c2C)N(C(=O)c2ccccc2)C1. The second-order valence-electron chi connectivity index (χ2n) is 5.74. The molecule has 1 aromatic carbocycles. The second kappa shape index (κ2) is 6.07. The van der Waals surface area contributed by atoms with Crippen molar-refractivity contribution in [2.45, 2.75) is 20.4 Å². The first-order chi connectivity index (χ1) is 10.6. The Bertz CT molecular complexity index is 705. The van der Waals surface area contributed by atoms with E-state index in [4.69, 9.17) is 0 Å². The molecule has 0 saturated heterocycles. The maximum absolute atomic E-state index is 12.9. The summed E-state index contributed by atoms with van der Waals surface area (Å²) < 4.78 is 0. The zero-order valence-corrected chi connectivity index (χ0v) is 13.9. The maximum atomic E-state index is 12.9. The highest BCUT2D eigenvalue weighted by atomic mass is 32.1. The number of carbonyl (C=O) groups excluding carboxylic acids is 1. The minimum Gasteiger partial charge on any atom is -0.310 e. The Morgan fingerprint density at radius 1 is 1.36 bits per heavy atom. The van der Waals surface area contributed by atoms with Crippen molar-refractivity contribution < 1.29 is 9.69 Å². The molecule has 1 aromatic heterocycles. The van der Waals surface area contributed by atoms with E-state index in [0.717, 1.165) is 23.7 Å². The summed E-state index contributed by atoms with van der Waals surface area (Å²) in [5.74, 6) is 0.0874. The first-order valence-corrected chi connectivity index (χ1v) is 8.33. The van der Waals surface area contributed by atoms with E-state index in [2.05, 4.69) is 20.4 Å². The first kappa shape index (κ1) is 15.0. The number of carbonyl (C=O) groups is 1. The highest BCUT2D eigenvalue weighted by Gasteiger charge is 2.33. The highest BCUT2D eigenvalue weighted by Crippen LogP contribution is 2.36. The molecule has 1 N–H and O–H groups in total. The van der Waals surface area contributed by atoms with Crippen LogP contribution < -0.4 is 9.80 Å². The lowest BCUT2D eigenvalue weighted by molar-refractivity contribution is -0.908. The summed E-state index contributed by atoms with van der Waals surface area (Å²) in [5.41, 5.74) is 3.39. The van der Waals surface area contributed by atoms with Crippen LogP contribution in [0.2, 0.25) is 0 Å². The minimum absolute atomic E-state index is 0.0874. The number of hydrogen-bond acceptors (Lipinski definition) is 2. The number of rotatable bonds is 3. The van der Waals surface area contributed by atoms with Crippen molar-refractivity contribution in [2.24, 2.45) is 0 Å². The topological polar surface area (TPSA) is 24.8 Å². The van der Waals surface area contributed by atoms with Crippen LogP contribution in [0.3, 0.4) is 0 Å². The number of hydrogen-bond donors (Lipinski definition) is 1. The van der Waals surface area contributed by atoms with Gasteiger partial charge in [0.25, 0.3) is 5.91 Å². The molecular weight excluding hydrogens is 292 g/mol. The summed E-state index contributed by atoms with van der Waals surface area (Å²) in [5, 5.41) is 1.12. The van der Waals surface area contributed by atoms with Gasteiger partial charge in [-0.3, -0.25) is 9.69 Å². The lowest BCUT2D eigenvalue weighted by Gasteiger charge is -2.32. The van der Waals surface area contributed by atoms with Gasteiger partial charge in [0.15, 0.2) is 6.67 Å². The molecule has 4 heteroatoms. The highest BCUT2D eigenvalue weighted by molar-refractivity contribution is 7.16. The third-order valence-corrected chi connectivity index (χ3v) is 5.51. The second-order valence-corrected chi connectivity index (χ2v) is 6.95. The van der Waals surface area contributed by atoms with Gasteiger partial charge in [0.05, 0.1) is 6.54 Å². The third-order valence-electron chi connectivity index (χ3n) is 4.24. The Morgan fingerprint density at radius 3 is 2.77 bits per heavy atom. The molecular formula is C18H21N2OS+. The predicted molar refractivity (Wildman–Crippen MR) is 91.6 cm³/mol. The number of anilines is 1. The van der Waals surface area contributed by atoms with Crippen molar-refractivity contribution in [3.8, 4) is 0 Å². The van der Waals surface area contributed by atoms with Crippen LogP contribution in [-0.2, 0) is 6.54 Å². The molecule has 114 valence electrons. The lowest BCUT2D eigenvalue weighted by Crippen LogP contribution is -3.13. The van der Waals surface area contributed by atoms with Crippen molar-refractivity contribution >= 4 is 22.2 Å². The normalized spacial score (nSPS) is 17.2. The van der Waals surface area contributed by atoms with Crippen molar-refractivity contribution in [2.75, 3.05) is 18.1 Å². The van der Waals surface area contributed by atoms with Gasteiger partial charge in [-0.1, -0.05) is 24.8 Å². The van der Waals surface area contributed by atoms with Gasteiger partial charge < -0.3 is 4.90 Å². The largest absolute Gasteiger partial charge is 0.310 e. The van der Waals surface area contributed by atoms with Gasteiger partial charge in [0, 0.05) is 16.0 Å². The molecule has 0 saturated carbocycles. The summed E-state index contributed by atoms with van der Waals surface area (Å²) >= 11 is 1.73. The van der Waals surface area contributed by atoms with E-state index in [1.807, 2.05) is 41.3 Å². The number of benzene rings is 1. The fourth-order valence-electron chi connectivity index (χ4n) is 2.92. The molecule has 1 aliphatic heterocycles. The Kier molecular flexibility index (Phi) is 4.14. The number of thiophene rings is 1. The summed E-state index contributed by atoms with van der Waals surface area (Å²) in [7, 11) is 0. The summed E-state index contributed by atoms with van der Waals surface area (Å²) in [6.45, 7) is 10.7. The monoisotopic (exact) mass is 313 g/mol. The zero-order chi connectivity index (χ0) is 15.7. The van der Waals surface area contributed by atoms with Crippen LogP contribution in [0.4, 0.5) is 5.00 Å². The molecule has 1 unspecified atom stereocenters. The Hall–Kier alpha value is -1.91. The average Bonchev–Trinajstić information content (AvgIpc) is 2.83. The van der Waals surface area contributed by atoms with Gasteiger partial charge in [-0.2, -0.15) is 0 Å². The zero-order valence-electron chi connectivity index (χ0n) is 13.1. The van der Waals surface area contributed by atoms with Gasteiger partial charge in [0.2, 0.25) is 0 Å². The molecule has 2 heterocycles. The quantitative estimate of drug-likeness (QED) is 0.866. The van der Waals surface area contributed by atoms with E-state index in [0.29, 0.717) is 6.67 Å². The van der Waals surface area contributed by atoms with Gasteiger partial charge in [-0.05, 0) is 37.6 Å². The lowest BCUT2D eigenvalue weighted by atomic mass is 10.1. The van der Waals surface area contributed by atoms with Crippen molar-refractivity contribution in [1.29, 1.82) is 0 Å². The van der Waals surface area contributed by atoms with Crippen LogP contribution in [0, 0.1) is 13.8 Å². The number of nitrogens with one attached hydrogen (secondary N) is 1. The molecule has 0 spiro atoms. The fourth-order valence-corrected chi connectivity index (χ4v) is 4.10. The number of amides is 1. The molecule has 2 aromatic rings. The third kappa shape index (κ3) is 2.60. The number of nitrogens with zero attached hydrogens (tertiary/aromatic N) is 1. The minimum atomic E-state index is 0.0874. The maximum Gasteiger partial charge on any atom is 0.263 e. The van der Waals surface area contributed by atoms with Crippen LogP contribution in [0.5, 0.6) is 0 Å². The molecule has 0 aliphatic carbocycles. The number of fused-ring (bicyclic) bond motifs is 1. The smallest absolute Gasteiger partial charge is 0.263 e. The average molecular weight is 313 g/mol. The fraction of sp³-hybridized carbons (Fsp3) is 0.278. The molecule has 3 rings (SSSR count). The van der Waals surface area contributed by atoms with Crippen LogP contribution >= 0.6 is 11.3 Å². The van der Waals surface area contributed by atoms with Crippen LogP contribution in [-0.4, -0.2) is 19.1 Å². The van der Waals surface area contributed by atoms with Crippen molar-refractivity contribution in [1.82, 2.24) is 0 Å². The van der Waals surface area contributed by atoms with E-state index in [-0.39, 0.29) is 5.91 Å². The van der Waals surface area contributed by atoms with Gasteiger partial charge in [-0.25, -0.2) is 0 Å². The summed E-state index contributed by atoms with van der Waals surface area (Å²) in [6, 6.07) is 9.54. The Labute approximate surface area is 135 Å². The van der Waals surface area contributed by atoms with Crippen LogP contribution in [0.25, 0.3) is 0 Å². The molecule has 1 amide bonds. The molecule has 0 radical (unpaired) electrons. The molecule has 1 atom stereocenters. The van der Waals surface area contributed by atoms with E-state index in [9.17, 15) is 4.79 Å². The number of quaternary nitrogens is 1. The molecule has 1 aliphatic rings. The van der Waals surface area contributed by atoms with Crippen molar-refractivity contribution in [3.05, 3.63) is 64.6 Å². The standard InChI is InChI=1S/C18H20N2OS/c1-4-10-19-11-16-13(2)14(3)22-18(16)20(12-19)17(21)15-8-6-5-7-9-15/h4-9H,1,10-12H2,2-3H3/p+1. The van der Waals surface area contributed by atoms with Gasteiger partial charge in [0.1, 0.15) is 11.5 Å². The van der Waals surface area contributed by atoms with E-state index < -0.39 is 0 Å². The number of aryl methyl sites for hydroxylation is 1. The van der Waals surface area contributed by atoms with E-state index in [1.165, 1.54) is 20.9 Å². The van der Waals surface area contributed by atoms with Crippen LogP contribution in [0.1, 0.15) is 26.4 Å². The molecule has 0 bridgehead atoms. The molecule has 3 nitrogen and oxygen atoms in total. The van der Waals surface area contributed by atoms with E-state index >= 15 is 0 Å². The molecule has 22 heavy (non-hydrogen) atoms. The first-order valence-electron chi connectivity index (χ1n) is 7.52. The summed E-state index contributed by atoms with van der Waals surface area (Å²) in [4.78, 5) is 17.5. The Morgan fingerprint density at radius 2 is 2.09 bits per heavy atom. The predicted octanol–water partition coefficient (Wildman–Crippen LogP) is 2.55. The van der Waals surface area contributed by atoms with Gasteiger partial charge in [-0.15, -0.1) is 11.3 Å².